The van der Waals surface area contributed by atoms with E-state index in [2.05, 4.69) is 15.2 Å². The van der Waals surface area contributed by atoms with Crippen LogP contribution in [0.2, 0.25) is 0 Å². The number of likely N-dealkylation sites (tertiary alicyclic amines) is 1. The zero-order valence-corrected chi connectivity index (χ0v) is 17.6. The van der Waals surface area contributed by atoms with Crippen molar-refractivity contribution in [3.05, 3.63) is 54.4 Å². The molecule has 0 unspecified atom stereocenters. The molecule has 2 aliphatic rings. The Hall–Kier alpha value is -3.68. The fourth-order valence-corrected chi connectivity index (χ4v) is 5.03. The van der Waals surface area contributed by atoms with Crippen molar-refractivity contribution >= 4 is 39.6 Å². The zero-order valence-electron chi connectivity index (χ0n) is 17.6. The molecule has 0 radical (unpaired) electrons. The van der Waals surface area contributed by atoms with Crippen molar-refractivity contribution in [2.75, 3.05) is 24.5 Å². The molecule has 1 atom stereocenters. The van der Waals surface area contributed by atoms with Crippen LogP contribution in [0.15, 0.2) is 48.5 Å². The Balaban J connectivity index is 1.12. The number of anilines is 1. The number of hydrogen-bond acceptors (Lipinski definition) is 4. The van der Waals surface area contributed by atoms with Crippen molar-refractivity contribution in [1.29, 1.82) is 0 Å². The molecule has 2 aromatic carbocycles. The summed E-state index contributed by atoms with van der Waals surface area (Å²) in [7, 11) is 0. The van der Waals surface area contributed by atoms with Crippen LogP contribution < -0.4 is 4.90 Å². The molecular formula is C24H24N6O2. The number of fused-ring (bicyclic) bond motifs is 2. The number of rotatable bonds is 3. The second-order valence-corrected chi connectivity index (χ2v) is 8.74. The predicted molar refractivity (Wildman–Crippen MR) is 121 cm³/mol. The first-order chi connectivity index (χ1) is 15.7. The fraction of sp³-hybridized carbons (Fsp3) is 0.333. The molecule has 8 nitrogen and oxygen atoms in total. The van der Waals surface area contributed by atoms with Crippen LogP contribution in [0.4, 0.5) is 5.82 Å². The SMILES string of the molecule is O=C([C@@H]1CC(=O)N(c2n[nH]c3ccccc23)C1)N1CCC(c2nc3ccccc3[nH]2)CC1. The van der Waals surface area contributed by atoms with Crippen molar-refractivity contribution in [3.63, 3.8) is 0 Å². The van der Waals surface area contributed by atoms with E-state index in [1.165, 1.54) is 0 Å². The van der Waals surface area contributed by atoms with E-state index in [-0.39, 0.29) is 24.2 Å². The quantitative estimate of drug-likeness (QED) is 0.524. The lowest BCUT2D eigenvalue weighted by atomic mass is 9.95. The maximum Gasteiger partial charge on any atom is 0.229 e. The first-order valence-corrected chi connectivity index (χ1v) is 11.1. The third kappa shape index (κ3) is 3.14. The van der Waals surface area contributed by atoms with Crippen LogP contribution in [-0.4, -0.2) is 56.5 Å². The second-order valence-electron chi connectivity index (χ2n) is 8.74. The predicted octanol–water partition coefficient (Wildman–Crippen LogP) is 3.20. The van der Waals surface area contributed by atoms with E-state index in [1.807, 2.05) is 53.4 Å². The monoisotopic (exact) mass is 428 g/mol. The Morgan fingerprint density at radius 2 is 1.75 bits per heavy atom. The molecular weight excluding hydrogens is 404 g/mol. The molecule has 2 aliphatic heterocycles. The number of nitrogens with one attached hydrogen (secondary N) is 2. The highest BCUT2D eigenvalue weighted by Crippen LogP contribution is 2.32. The second kappa shape index (κ2) is 7.47. The van der Waals surface area contributed by atoms with Crippen molar-refractivity contribution < 1.29 is 9.59 Å². The van der Waals surface area contributed by atoms with Gasteiger partial charge >= 0.3 is 0 Å². The molecule has 2 amide bonds. The molecule has 2 fully saturated rings. The van der Waals surface area contributed by atoms with Crippen LogP contribution in [0.25, 0.3) is 21.9 Å². The Kier molecular flexibility index (Phi) is 4.45. The number of amides is 2. The molecule has 2 aromatic heterocycles. The molecule has 0 saturated carbocycles. The first-order valence-electron chi connectivity index (χ1n) is 11.1. The van der Waals surface area contributed by atoms with Crippen LogP contribution >= 0.6 is 0 Å². The largest absolute Gasteiger partial charge is 0.342 e. The van der Waals surface area contributed by atoms with Gasteiger partial charge in [-0.15, -0.1) is 0 Å². The van der Waals surface area contributed by atoms with E-state index in [1.54, 1.807) is 4.90 Å². The van der Waals surface area contributed by atoms with Crippen molar-refractivity contribution in [3.8, 4) is 0 Å². The van der Waals surface area contributed by atoms with Gasteiger partial charge in [0.25, 0.3) is 0 Å². The topological polar surface area (TPSA) is 98.0 Å². The smallest absolute Gasteiger partial charge is 0.229 e. The van der Waals surface area contributed by atoms with Crippen molar-refractivity contribution in [2.24, 2.45) is 5.92 Å². The normalized spacial score (nSPS) is 20.0. The van der Waals surface area contributed by atoms with Crippen LogP contribution in [0.3, 0.4) is 0 Å². The van der Waals surface area contributed by atoms with Gasteiger partial charge in [0.05, 0.1) is 22.5 Å². The molecule has 162 valence electrons. The number of H-pyrrole nitrogens is 2. The number of carbonyl (C=O) groups is 2. The van der Waals surface area contributed by atoms with Crippen molar-refractivity contribution in [2.45, 2.75) is 25.2 Å². The summed E-state index contributed by atoms with van der Waals surface area (Å²) in [5, 5.41) is 8.22. The van der Waals surface area contributed by atoms with Gasteiger partial charge in [0.15, 0.2) is 5.82 Å². The summed E-state index contributed by atoms with van der Waals surface area (Å²) < 4.78 is 0. The standard InChI is InChI=1S/C24H24N6O2/c31-21-13-16(14-30(21)23-17-5-1-2-6-18(17)27-28-23)24(32)29-11-9-15(10-12-29)22-25-19-7-3-4-8-20(19)26-22/h1-8,15-16H,9-14H2,(H,25,26)(H,27,28)/t16-/m1/s1. The van der Waals surface area contributed by atoms with E-state index in [0.717, 1.165) is 40.6 Å². The minimum Gasteiger partial charge on any atom is -0.342 e. The third-order valence-corrected chi connectivity index (χ3v) is 6.78. The van der Waals surface area contributed by atoms with Crippen LogP contribution in [0.5, 0.6) is 0 Å². The Labute approximate surface area is 184 Å². The maximum absolute atomic E-state index is 13.2. The number of nitrogens with zero attached hydrogens (tertiary/aromatic N) is 4. The molecule has 2 N–H and O–H groups in total. The molecule has 0 aliphatic carbocycles. The van der Waals surface area contributed by atoms with E-state index in [9.17, 15) is 9.59 Å². The Morgan fingerprint density at radius 3 is 2.56 bits per heavy atom. The highest BCUT2D eigenvalue weighted by atomic mass is 16.2. The van der Waals surface area contributed by atoms with Crippen LogP contribution in [-0.2, 0) is 9.59 Å². The summed E-state index contributed by atoms with van der Waals surface area (Å²) in [6.45, 7) is 1.77. The molecule has 2 saturated heterocycles. The summed E-state index contributed by atoms with van der Waals surface area (Å²) >= 11 is 0. The van der Waals surface area contributed by atoms with Gasteiger partial charge in [0.2, 0.25) is 11.8 Å². The molecule has 8 heteroatoms. The lowest BCUT2D eigenvalue weighted by molar-refractivity contribution is -0.136. The highest BCUT2D eigenvalue weighted by molar-refractivity contribution is 6.05. The van der Waals surface area contributed by atoms with Gasteiger partial charge in [0.1, 0.15) is 5.82 Å². The fourth-order valence-electron chi connectivity index (χ4n) is 5.03. The number of piperidine rings is 1. The van der Waals surface area contributed by atoms with Crippen LogP contribution in [0, 0.1) is 5.92 Å². The first kappa shape index (κ1) is 19.0. The van der Waals surface area contributed by atoms with Crippen molar-refractivity contribution in [1.82, 2.24) is 25.1 Å². The number of carbonyl (C=O) groups excluding carboxylic acids is 2. The molecule has 4 aromatic rings. The number of aromatic nitrogens is 4. The summed E-state index contributed by atoms with van der Waals surface area (Å²) in [5.41, 5.74) is 2.92. The number of hydrogen-bond donors (Lipinski definition) is 2. The number of benzene rings is 2. The minimum absolute atomic E-state index is 0.0437. The summed E-state index contributed by atoms with van der Waals surface area (Å²) in [6.07, 6.45) is 1.99. The average molecular weight is 428 g/mol. The number of para-hydroxylation sites is 3. The molecule has 32 heavy (non-hydrogen) atoms. The summed E-state index contributed by atoms with van der Waals surface area (Å²) in [6, 6.07) is 15.8. The van der Waals surface area contributed by atoms with Gasteiger partial charge in [-0.3, -0.25) is 19.6 Å². The lowest BCUT2D eigenvalue weighted by Gasteiger charge is -2.32. The van der Waals surface area contributed by atoms with Crippen LogP contribution in [0.1, 0.15) is 31.0 Å². The van der Waals surface area contributed by atoms with Gasteiger partial charge in [-0.05, 0) is 37.1 Å². The lowest BCUT2D eigenvalue weighted by Crippen LogP contribution is -2.42. The van der Waals surface area contributed by atoms with Gasteiger partial charge in [0, 0.05) is 37.4 Å². The molecule has 0 bridgehead atoms. The molecule has 6 rings (SSSR count). The van der Waals surface area contributed by atoms with E-state index in [4.69, 9.17) is 4.98 Å². The van der Waals surface area contributed by atoms with E-state index >= 15 is 0 Å². The van der Waals surface area contributed by atoms with Gasteiger partial charge in [-0.25, -0.2) is 4.98 Å². The minimum atomic E-state index is -0.319. The summed E-state index contributed by atoms with van der Waals surface area (Å²) in [4.78, 5) is 37.7. The summed E-state index contributed by atoms with van der Waals surface area (Å²) in [5.74, 6) is 1.65. The maximum atomic E-state index is 13.2. The Morgan fingerprint density at radius 1 is 1.00 bits per heavy atom. The van der Waals surface area contributed by atoms with Gasteiger partial charge < -0.3 is 9.88 Å². The third-order valence-electron chi connectivity index (χ3n) is 6.78. The van der Waals surface area contributed by atoms with Gasteiger partial charge in [-0.1, -0.05) is 24.3 Å². The zero-order chi connectivity index (χ0) is 21.7. The average Bonchev–Trinajstić information content (AvgIpc) is 3.55. The number of imidazole rings is 1. The Bertz CT molecular complexity index is 1280. The molecule has 4 heterocycles. The van der Waals surface area contributed by atoms with E-state index < -0.39 is 0 Å². The molecule has 0 spiro atoms. The highest BCUT2D eigenvalue weighted by Gasteiger charge is 2.39. The van der Waals surface area contributed by atoms with E-state index in [0.29, 0.717) is 31.4 Å². The number of aromatic amines is 2. The van der Waals surface area contributed by atoms with Gasteiger partial charge in [-0.2, -0.15) is 5.10 Å².